The smallest absolute Gasteiger partial charge is 0.229 e. The van der Waals surface area contributed by atoms with Crippen LogP contribution in [0.1, 0.15) is 24.5 Å². The lowest BCUT2D eigenvalue weighted by atomic mass is 10.2. The van der Waals surface area contributed by atoms with E-state index in [1.165, 1.54) is 12.8 Å². The molecular formula is C18H21N7. The molecule has 0 radical (unpaired) electrons. The highest BCUT2D eigenvalue weighted by Gasteiger charge is 2.26. The molecule has 7 nitrogen and oxygen atoms in total. The van der Waals surface area contributed by atoms with Crippen molar-refractivity contribution in [1.29, 1.82) is 0 Å². The second kappa shape index (κ2) is 6.43. The van der Waals surface area contributed by atoms with Gasteiger partial charge in [0.25, 0.3) is 0 Å². The quantitative estimate of drug-likeness (QED) is 0.638. The predicted molar refractivity (Wildman–Crippen MR) is 99.9 cm³/mol. The van der Waals surface area contributed by atoms with Crippen molar-refractivity contribution in [2.45, 2.75) is 18.8 Å². The zero-order valence-corrected chi connectivity index (χ0v) is 14.3. The minimum atomic E-state index is 0.546. The first-order valence-electron chi connectivity index (χ1n) is 8.37. The molecule has 0 spiro atoms. The standard InChI is InChI=1S/C18H21N7/c1-25(2)14-7-5-13(6-8-14)20-18-19-10-9-16(22-18)21-17-11-15(23-24-17)12-3-4-12/h5-12H,3-4H2,1-2H3,(H3,19,20,21,22,23,24). The van der Waals surface area contributed by atoms with E-state index in [-0.39, 0.29) is 0 Å². The highest BCUT2D eigenvalue weighted by Crippen LogP contribution is 2.39. The molecule has 2 aromatic heterocycles. The molecule has 1 saturated carbocycles. The first-order valence-corrected chi connectivity index (χ1v) is 8.37. The summed E-state index contributed by atoms with van der Waals surface area (Å²) in [5, 5.41) is 13.8. The van der Waals surface area contributed by atoms with Gasteiger partial charge in [0.1, 0.15) is 11.6 Å². The molecule has 7 heteroatoms. The van der Waals surface area contributed by atoms with Crippen LogP contribution in [0, 0.1) is 0 Å². The van der Waals surface area contributed by atoms with E-state index in [0.717, 1.165) is 22.9 Å². The van der Waals surface area contributed by atoms with Crippen molar-refractivity contribution in [2.24, 2.45) is 0 Å². The van der Waals surface area contributed by atoms with E-state index >= 15 is 0 Å². The average Bonchev–Trinajstić information content (AvgIpc) is 3.36. The summed E-state index contributed by atoms with van der Waals surface area (Å²) in [5.74, 6) is 2.74. The lowest BCUT2D eigenvalue weighted by Crippen LogP contribution is -2.08. The van der Waals surface area contributed by atoms with Crippen molar-refractivity contribution < 1.29 is 0 Å². The second-order valence-electron chi connectivity index (χ2n) is 6.44. The van der Waals surface area contributed by atoms with Gasteiger partial charge in [0.15, 0.2) is 0 Å². The molecule has 4 rings (SSSR count). The van der Waals surface area contributed by atoms with Crippen LogP contribution in [0.2, 0.25) is 0 Å². The van der Waals surface area contributed by atoms with Gasteiger partial charge in [-0.15, -0.1) is 0 Å². The fourth-order valence-electron chi connectivity index (χ4n) is 2.59. The number of aromatic nitrogens is 4. The van der Waals surface area contributed by atoms with Crippen LogP contribution in [0.4, 0.5) is 29.0 Å². The zero-order valence-electron chi connectivity index (χ0n) is 14.3. The number of hydrogen-bond donors (Lipinski definition) is 3. The number of nitrogens with zero attached hydrogens (tertiary/aromatic N) is 4. The third-order valence-corrected chi connectivity index (χ3v) is 4.15. The number of rotatable bonds is 6. The van der Waals surface area contributed by atoms with Crippen LogP contribution in [-0.2, 0) is 0 Å². The molecule has 3 N–H and O–H groups in total. The van der Waals surface area contributed by atoms with Crippen molar-refractivity contribution in [3.05, 3.63) is 48.3 Å². The van der Waals surface area contributed by atoms with Gasteiger partial charge < -0.3 is 15.5 Å². The Balaban J connectivity index is 1.44. The Morgan fingerprint density at radius 1 is 1.08 bits per heavy atom. The number of hydrogen-bond acceptors (Lipinski definition) is 6. The molecule has 1 aliphatic rings. The Bertz CT molecular complexity index is 850. The zero-order chi connectivity index (χ0) is 17.2. The van der Waals surface area contributed by atoms with E-state index in [0.29, 0.717) is 17.7 Å². The van der Waals surface area contributed by atoms with Crippen LogP contribution < -0.4 is 15.5 Å². The van der Waals surface area contributed by atoms with Crippen molar-refractivity contribution in [2.75, 3.05) is 29.6 Å². The molecule has 3 aromatic rings. The Morgan fingerprint density at radius 3 is 2.60 bits per heavy atom. The maximum absolute atomic E-state index is 4.50. The molecule has 1 aliphatic carbocycles. The SMILES string of the molecule is CN(C)c1ccc(Nc2nccc(Nc3cc(C4CC4)n[nH]3)n2)cc1. The molecule has 1 aromatic carbocycles. The summed E-state index contributed by atoms with van der Waals surface area (Å²) in [6.45, 7) is 0. The van der Waals surface area contributed by atoms with Crippen molar-refractivity contribution in [1.82, 2.24) is 20.2 Å². The number of H-pyrrole nitrogens is 1. The Hall–Kier alpha value is -3.09. The van der Waals surface area contributed by atoms with E-state index < -0.39 is 0 Å². The first kappa shape index (κ1) is 15.4. The third-order valence-electron chi connectivity index (χ3n) is 4.15. The summed E-state index contributed by atoms with van der Waals surface area (Å²) in [6.07, 6.45) is 4.20. The molecule has 0 unspecified atom stereocenters. The molecule has 0 aliphatic heterocycles. The monoisotopic (exact) mass is 335 g/mol. The number of anilines is 5. The van der Waals surface area contributed by atoms with Crippen LogP contribution in [0.5, 0.6) is 0 Å². The molecule has 25 heavy (non-hydrogen) atoms. The van der Waals surface area contributed by atoms with Crippen LogP contribution in [0.25, 0.3) is 0 Å². The molecular weight excluding hydrogens is 314 g/mol. The summed E-state index contributed by atoms with van der Waals surface area (Å²) in [7, 11) is 4.04. The fraction of sp³-hybridized carbons (Fsp3) is 0.278. The van der Waals surface area contributed by atoms with E-state index in [2.05, 4.69) is 47.8 Å². The van der Waals surface area contributed by atoms with Crippen molar-refractivity contribution in [3.8, 4) is 0 Å². The normalized spacial score (nSPS) is 13.5. The second-order valence-corrected chi connectivity index (χ2v) is 6.44. The average molecular weight is 335 g/mol. The van der Waals surface area contributed by atoms with Gasteiger partial charge in [-0.3, -0.25) is 5.10 Å². The third kappa shape index (κ3) is 3.71. The van der Waals surface area contributed by atoms with Crippen molar-refractivity contribution in [3.63, 3.8) is 0 Å². The van der Waals surface area contributed by atoms with E-state index in [9.17, 15) is 0 Å². The first-order chi connectivity index (χ1) is 12.2. The van der Waals surface area contributed by atoms with E-state index in [1.54, 1.807) is 6.20 Å². The van der Waals surface area contributed by atoms with Crippen LogP contribution >= 0.6 is 0 Å². The van der Waals surface area contributed by atoms with Crippen molar-refractivity contribution >= 4 is 29.0 Å². The van der Waals surface area contributed by atoms with Gasteiger partial charge in [-0.25, -0.2) is 4.98 Å². The molecule has 0 atom stereocenters. The Morgan fingerprint density at radius 2 is 1.88 bits per heavy atom. The minimum Gasteiger partial charge on any atom is -0.378 e. The van der Waals surface area contributed by atoms with Gasteiger partial charge in [-0.2, -0.15) is 10.1 Å². The summed E-state index contributed by atoms with van der Waals surface area (Å²) in [6, 6.07) is 12.0. The lowest BCUT2D eigenvalue weighted by Gasteiger charge is -2.13. The van der Waals surface area contributed by atoms with Crippen LogP contribution in [-0.4, -0.2) is 34.3 Å². The summed E-state index contributed by atoms with van der Waals surface area (Å²) in [4.78, 5) is 10.8. The topological polar surface area (TPSA) is 81.8 Å². The number of nitrogens with one attached hydrogen (secondary N) is 3. The summed E-state index contributed by atoms with van der Waals surface area (Å²) in [5.41, 5.74) is 3.21. The summed E-state index contributed by atoms with van der Waals surface area (Å²) < 4.78 is 0. The van der Waals surface area contributed by atoms with Crippen LogP contribution in [0.3, 0.4) is 0 Å². The molecule has 0 amide bonds. The van der Waals surface area contributed by atoms with Gasteiger partial charge in [0.2, 0.25) is 5.95 Å². The largest absolute Gasteiger partial charge is 0.378 e. The summed E-state index contributed by atoms with van der Waals surface area (Å²) >= 11 is 0. The van der Waals surface area contributed by atoms with E-state index in [1.807, 2.05) is 38.4 Å². The highest BCUT2D eigenvalue weighted by atomic mass is 15.2. The van der Waals surface area contributed by atoms with Gasteiger partial charge in [-0.1, -0.05) is 0 Å². The molecule has 128 valence electrons. The van der Waals surface area contributed by atoms with Gasteiger partial charge in [0, 0.05) is 43.7 Å². The number of benzene rings is 1. The number of aromatic amines is 1. The minimum absolute atomic E-state index is 0.546. The lowest BCUT2D eigenvalue weighted by molar-refractivity contribution is 0.966. The van der Waals surface area contributed by atoms with Gasteiger partial charge >= 0.3 is 0 Å². The Labute approximate surface area is 146 Å². The Kier molecular flexibility index (Phi) is 3.97. The van der Waals surface area contributed by atoms with Gasteiger partial charge in [-0.05, 0) is 43.2 Å². The van der Waals surface area contributed by atoms with Crippen LogP contribution in [0.15, 0.2) is 42.6 Å². The fourth-order valence-corrected chi connectivity index (χ4v) is 2.59. The highest BCUT2D eigenvalue weighted by molar-refractivity contribution is 5.60. The molecule has 0 bridgehead atoms. The predicted octanol–water partition coefficient (Wildman–Crippen LogP) is 3.63. The van der Waals surface area contributed by atoms with E-state index in [4.69, 9.17) is 0 Å². The molecule has 1 fully saturated rings. The maximum atomic E-state index is 4.50. The molecule has 2 heterocycles. The molecule has 0 saturated heterocycles. The maximum Gasteiger partial charge on any atom is 0.229 e. The van der Waals surface area contributed by atoms with Gasteiger partial charge in [0.05, 0.1) is 5.69 Å².